The molecule has 27 heavy (non-hydrogen) atoms. The van der Waals surface area contributed by atoms with E-state index in [9.17, 15) is 0 Å². The van der Waals surface area contributed by atoms with E-state index in [2.05, 4.69) is 27.1 Å². The van der Waals surface area contributed by atoms with Crippen LogP contribution in [-0.2, 0) is 11.8 Å². The lowest BCUT2D eigenvalue weighted by Crippen LogP contribution is -2.48. The van der Waals surface area contributed by atoms with Crippen LogP contribution in [0.15, 0.2) is 17.4 Å². The molecule has 2 saturated heterocycles. The van der Waals surface area contributed by atoms with Crippen molar-refractivity contribution in [2.24, 2.45) is 12.0 Å². The number of morpholine rings is 1. The molecule has 2 aliphatic heterocycles. The lowest BCUT2D eigenvalue weighted by molar-refractivity contribution is -0.00804. The van der Waals surface area contributed by atoms with Crippen LogP contribution in [0.2, 0.25) is 0 Å². The Morgan fingerprint density at radius 2 is 2.07 bits per heavy atom. The molecule has 3 rings (SSSR count). The number of likely N-dealkylation sites (tertiary alicyclic amines) is 1. The summed E-state index contributed by atoms with van der Waals surface area (Å²) in [7, 11) is 1.94. The molecule has 3 heterocycles. The van der Waals surface area contributed by atoms with Crippen molar-refractivity contribution in [2.45, 2.75) is 45.1 Å². The van der Waals surface area contributed by atoms with Crippen LogP contribution in [0.1, 0.15) is 50.7 Å². The van der Waals surface area contributed by atoms with Crippen LogP contribution in [-0.4, -0.2) is 78.0 Å². The summed E-state index contributed by atoms with van der Waals surface area (Å²) < 4.78 is 7.80. The second-order valence-corrected chi connectivity index (χ2v) is 7.60. The van der Waals surface area contributed by atoms with Crippen molar-refractivity contribution in [1.29, 1.82) is 0 Å². The van der Waals surface area contributed by atoms with E-state index in [1.54, 1.807) is 0 Å². The average molecular weight is 377 g/mol. The van der Waals surface area contributed by atoms with Gasteiger partial charge in [0, 0.05) is 38.4 Å². The molecular formula is C20H36N6O. The lowest BCUT2D eigenvalue weighted by Gasteiger charge is -2.34. The Labute approximate surface area is 163 Å². The summed E-state index contributed by atoms with van der Waals surface area (Å²) in [6, 6.07) is 0. The largest absolute Gasteiger partial charge is 0.370 e. The van der Waals surface area contributed by atoms with Gasteiger partial charge in [-0.25, -0.2) is 0 Å². The molecule has 0 amide bonds. The number of nitrogens with one attached hydrogen (secondary N) is 1. The van der Waals surface area contributed by atoms with Gasteiger partial charge in [-0.05, 0) is 45.8 Å². The van der Waals surface area contributed by atoms with Crippen LogP contribution in [0.25, 0.3) is 0 Å². The van der Waals surface area contributed by atoms with Gasteiger partial charge in [0.25, 0.3) is 0 Å². The molecule has 1 aromatic heterocycles. The zero-order valence-corrected chi connectivity index (χ0v) is 17.1. The number of hydrogen-bond acceptors (Lipinski definition) is 4. The molecule has 7 heteroatoms. The van der Waals surface area contributed by atoms with Gasteiger partial charge >= 0.3 is 0 Å². The van der Waals surface area contributed by atoms with Crippen LogP contribution < -0.4 is 5.32 Å². The molecule has 152 valence electrons. The molecule has 0 bridgehead atoms. The van der Waals surface area contributed by atoms with E-state index in [0.717, 1.165) is 50.7 Å². The Morgan fingerprint density at radius 3 is 2.78 bits per heavy atom. The second kappa shape index (κ2) is 10.7. The summed E-state index contributed by atoms with van der Waals surface area (Å²) in [5.74, 6) is 1.02. The lowest BCUT2D eigenvalue weighted by atomic mass is 10.1. The van der Waals surface area contributed by atoms with Crippen molar-refractivity contribution >= 4 is 5.96 Å². The van der Waals surface area contributed by atoms with Gasteiger partial charge in [-0.1, -0.05) is 12.8 Å². The van der Waals surface area contributed by atoms with Crippen LogP contribution in [0.3, 0.4) is 0 Å². The standard InChI is InChI=1S/C20H36N6O/c1-3-21-20(22-9-8-12-25-10-6-4-5-7-11-25)26-13-14-27-19(17-26)18-15-23-24(2)16-18/h15-16,19H,3-14,17H2,1-2H3,(H,21,22). The van der Waals surface area contributed by atoms with Crippen LogP contribution in [0.4, 0.5) is 0 Å². The number of guanidine groups is 1. The van der Waals surface area contributed by atoms with Crippen molar-refractivity contribution in [1.82, 2.24) is 24.9 Å². The van der Waals surface area contributed by atoms with Crippen molar-refractivity contribution in [3.63, 3.8) is 0 Å². The van der Waals surface area contributed by atoms with Gasteiger partial charge < -0.3 is 19.9 Å². The Balaban J connectivity index is 1.51. The number of rotatable bonds is 6. The Morgan fingerprint density at radius 1 is 1.26 bits per heavy atom. The van der Waals surface area contributed by atoms with Gasteiger partial charge in [0.2, 0.25) is 0 Å². The topological polar surface area (TPSA) is 57.9 Å². The summed E-state index contributed by atoms with van der Waals surface area (Å²) in [6.45, 7) is 10.0. The predicted octanol–water partition coefficient (Wildman–Crippen LogP) is 2.03. The van der Waals surface area contributed by atoms with E-state index in [1.807, 2.05) is 24.1 Å². The Hall–Kier alpha value is -1.60. The first-order valence-corrected chi connectivity index (χ1v) is 10.6. The fourth-order valence-corrected chi connectivity index (χ4v) is 3.91. The number of nitrogens with zero attached hydrogens (tertiary/aromatic N) is 5. The van der Waals surface area contributed by atoms with E-state index >= 15 is 0 Å². The normalized spacial score (nSPS) is 22.7. The molecule has 2 aliphatic rings. The first-order valence-electron chi connectivity index (χ1n) is 10.6. The molecule has 0 aromatic carbocycles. The predicted molar refractivity (Wildman–Crippen MR) is 109 cm³/mol. The number of aliphatic imine (C=N–C) groups is 1. The minimum absolute atomic E-state index is 0.0633. The molecule has 1 atom stereocenters. The van der Waals surface area contributed by atoms with Gasteiger partial charge in [0.05, 0.1) is 19.3 Å². The quantitative estimate of drug-likeness (QED) is 0.468. The summed E-state index contributed by atoms with van der Waals surface area (Å²) in [5.41, 5.74) is 1.14. The highest BCUT2D eigenvalue weighted by Crippen LogP contribution is 2.21. The van der Waals surface area contributed by atoms with E-state index in [0.29, 0.717) is 0 Å². The van der Waals surface area contributed by atoms with Gasteiger partial charge in [0.15, 0.2) is 5.96 Å². The molecule has 1 aromatic rings. The van der Waals surface area contributed by atoms with E-state index in [4.69, 9.17) is 9.73 Å². The van der Waals surface area contributed by atoms with Gasteiger partial charge in [-0.3, -0.25) is 9.67 Å². The van der Waals surface area contributed by atoms with Crippen molar-refractivity contribution in [2.75, 3.05) is 52.4 Å². The van der Waals surface area contributed by atoms with Crippen molar-refractivity contribution in [3.8, 4) is 0 Å². The third-order valence-corrected chi connectivity index (χ3v) is 5.39. The van der Waals surface area contributed by atoms with Crippen molar-refractivity contribution in [3.05, 3.63) is 18.0 Å². The Kier molecular flexibility index (Phi) is 7.95. The smallest absolute Gasteiger partial charge is 0.194 e. The van der Waals surface area contributed by atoms with E-state index in [-0.39, 0.29) is 6.10 Å². The van der Waals surface area contributed by atoms with E-state index in [1.165, 1.54) is 45.3 Å². The summed E-state index contributed by atoms with van der Waals surface area (Å²) in [6.07, 6.45) is 10.6. The van der Waals surface area contributed by atoms with Crippen LogP contribution >= 0.6 is 0 Å². The van der Waals surface area contributed by atoms with Crippen molar-refractivity contribution < 1.29 is 4.74 Å². The minimum atomic E-state index is 0.0633. The summed E-state index contributed by atoms with van der Waals surface area (Å²) >= 11 is 0. The zero-order valence-electron chi connectivity index (χ0n) is 17.1. The highest BCUT2D eigenvalue weighted by atomic mass is 16.5. The molecule has 7 nitrogen and oxygen atoms in total. The number of aromatic nitrogens is 2. The first kappa shape index (κ1) is 20.1. The zero-order chi connectivity index (χ0) is 18.9. The SMILES string of the molecule is CCNC(=NCCCN1CCCCCC1)N1CCOC(c2cnn(C)c2)C1. The maximum atomic E-state index is 5.97. The van der Waals surface area contributed by atoms with Gasteiger partial charge in [-0.2, -0.15) is 5.10 Å². The maximum absolute atomic E-state index is 5.97. The third kappa shape index (κ3) is 6.21. The summed E-state index contributed by atoms with van der Waals surface area (Å²) in [4.78, 5) is 9.85. The van der Waals surface area contributed by atoms with E-state index < -0.39 is 0 Å². The van der Waals surface area contributed by atoms with Crippen LogP contribution in [0.5, 0.6) is 0 Å². The summed E-state index contributed by atoms with van der Waals surface area (Å²) in [5, 5.41) is 7.74. The minimum Gasteiger partial charge on any atom is -0.370 e. The molecular weight excluding hydrogens is 340 g/mol. The number of hydrogen-bond donors (Lipinski definition) is 1. The highest BCUT2D eigenvalue weighted by molar-refractivity contribution is 5.80. The number of aryl methyl sites for hydroxylation is 1. The first-order chi connectivity index (χ1) is 13.3. The number of ether oxygens (including phenoxy) is 1. The Bertz CT molecular complexity index is 579. The monoisotopic (exact) mass is 376 g/mol. The van der Waals surface area contributed by atoms with Gasteiger partial charge in [-0.15, -0.1) is 0 Å². The molecule has 1 N–H and O–H groups in total. The second-order valence-electron chi connectivity index (χ2n) is 7.60. The molecule has 0 spiro atoms. The molecule has 0 saturated carbocycles. The molecule has 0 radical (unpaired) electrons. The average Bonchev–Trinajstić information content (AvgIpc) is 2.96. The molecule has 2 fully saturated rings. The third-order valence-electron chi connectivity index (χ3n) is 5.39. The maximum Gasteiger partial charge on any atom is 0.194 e. The highest BCUT2D eigenvalue weighted by Gasteiger charge is 2.25. The fourth-order valence-electron chi connectivity index (χ4n) is 3.91. The fraction of sp³-hybridized carbons (Fsp3) is 0.800. The molecule has 1 unspecified atom stereocenters. The molecule has 0 aliphatic carbocycles. The van der Waals surface area contributed by atoms with Gasteiger partial charge in [0.1, 0.15) is 6.10 Å². The van der Waals surface area contributed by atoms with Crippen LogP contribution in [0, 0.1) is 0 Å².